The van der Waals surface area contributed by atoms with Crippen molar-refractivity contribution in [3.8, 4) is 24.2 Å². The van der Waals surface area contributed by atoms with Crippen LogP contribution < -0.4 is 0 Å². The van der Waals surface area contributed by atoms with Crippen molar-refractivity contribution in [3.63, 3.8) is 0 Å². The van der Waals surface area contributed by atoms with Gasteiger partial charge in [0.15, 0.2) is 0 Å². The van der Waals surface area contributed by atoms with Crippen molar-refractivity contribution in [3.05, 3.63) is 35.9 Å². The summed E-state index contributed by atoms with van der Waals surface area (Å²) >= 11 is 0. The van der Waals surface area contributed by atoms with Gasteiger partial charge >= 0.3 is 0 Å². The minimum absolute atomic E-state index is 0.201. The minimum Gasteiger partial charge on any atom is -0.119 e. The number of hydrogen-bond acceptors (Lipinski definition) is 0. The van der Waals surface area contributed by atoms with Gasteiger partial charge in [-0.2, -0.15) is 0 Å². The van der Waals surface area contributed by atoms with E-state index in [1.54, 1.807) is 0 Å². The zero-order valence-electron chi connectivity index (χ0n) is 9.74. The van der Waals surface area contributed by atoms with E-state index in [0.717, 1.165) is 17.4 Å². The number of terminal acetylenes is 1. The normalized spacial score (nSPS) is 43.7. The lowest BCUT2D eigenvalue weighted by Crippen LogP contribution is -2.18. The fourth-order valence-electron chi connectivity index (χ4n) is 4.33. The van der Waals surface area contributed by atoms with Gasteiger partial charge in [0, 0.05) is 5.56 Å². The van der Waals surface area contributed by atoms with E-state index < -0.39 is 0 Å². The van der Waals surface area contributed by atoms with E-state index in [9.17, 15) is 0 Å². The molecule has 0 aromatic heterocycles. The average molecular weight is 218 g/mol. The molecular formula is C17H14. The maximum absolute atomic E-state index is 5.74. The van der Waals surface area contributed by atoms with Gasteiger partial charge < -0.3 is 0 Å². The fourth-order valence-corrected chi connectivity index (χ4v) is 4.33. The Morgan fingerprint density at radius 1 is 1.06 bits per heavy atom. The molecule has 0 saturated heterocycles. The van der Waals surface area contributed by atoms with Crippen molar-refractivity contribution < 1.29 is 0 Å². The lowest BCUT2D eigenvalue weighted by Gasteiger charge is -2.23. The smallest absolute Gasteiger partial charge is 0.0576 e. The van der Waals surface area contributed by atoms with E-state index in [2.05, 4.69) is 29.9 Å². The zero-order chi connectivity index (χ0) is 11.5. The Hall–Kier alpha value is -1.66. The van der Waals surface area contributed by atoms with E-state index in [4.69, 9.17) is 6.42 Å². The van der Waals surface area contributed by atoms with E-state index >= 15 is 0 Å². The molecule has 0 aliphatic heterocycles. The Morgan fingerprint density at radius 3 is 2.35 bits per heavy atom. The van der Waals surface area contributed by atoms with Crippen LogP contribution in [0.1, 0.15) is 24.8 Å². The molecule has 0 heterocycles. The molecule has 0 amide bonds. The Kier molecular flexibility index (Phi) is 1.53. The quantitative estimate of drug-likeness (QED) is 0.587. The molecule has 2 atom stereocenters. The molecule has 0 N–H and O–H groups in total. The molecule has 0 bridgehead atoms. The summed E-state index contributed by atoms with van der Waals surface area (Å²) in [7, 11) is 0. The minimum atomic E-state index is 0.201. The third-order valence-corrected chi connectivity index (χ3v) is 5.13. The van der Waals surface area contributed by atoms with Gasteiger partial charge in [-0.25, -0.2) is 0 Å². The first-order valence-electron chi connectivity index (χ1n) is 6.42. The molecular weight excluding hydrogens is 204 g/mol. The summed E-state index contributed by atoms with van der Waals surface area (Å²) < 4.78 is 0. The molecule has 0 nitrogen and oxygen atoms in total. The topological polar surface area (TPSA) is 0 Å². The molecule has 4 rings (SSSR count). The van der Waals surface area contributed by atoms with Gasteiger partial charge in [0.05, 0.1) is 10.8 Å². The SMILES string of the molecule is C#CC12C3CCCC1C32C#Cc1ccccc1. The summed E-state index contributed by atoms with van der Waals surface area (Å²) in [6.45, 7) is 0. The first-order valence-corrected chi connectivity index (χ1v) is 6.42. The van der Waals surface area contributed by atoms with Crippen LogP contribution in [0.4, 0.5) is 0 Å². The predicted molar refractivity (Wildman–Crippen MR) is 67.9 cm³/mol. The summed E-state index contributed by atoms with van der Waals surface area (Å²) in [6, 6.07) is 10.2. The van der Waals surface area contributed by atoms with Crippen molar-refractivity contribution in [1.82, 2.24) is 0 Å². The van der Waals surface area contributed by atoms with Gasteiger partial charge in [0.1, 0.15) is 0 Å². The molecule has 3 aliphatic rings. The van der Waals surface area contributed by atoms with E-state index in [0.29, 0.717) is 0 Å². The molecule has 0 heteroatoms. The number of hydrogen-bond donors (Lipinski definition) is 0. The second-order valence-corrected chi connectivity index (χ2v) is 5.53. The summed E-state index contributed by atoms with van der Waals surface area (Å²) in [5.74, 6) is 11.4. The molecule has 3 saturated carbocycles. The predicted octanol–water partition coefficient (Wildman–Crippen LogP) is 3.09. The van der Waals surface area contributed by atoms with Gasteiger partial charge in [-0.05, 0) is 36.8 Å². The maximum atomic E-state index is 5.74. The largest absolute Gasteiger partial charge is 0.119 e. The lowest BCUT2D eigenvalue weighted by atomic mass is 9.79. The number of benzene rings is 1. The van der Waals surface area contributed by atoms with E-state index in [1.165, 1.54) is 19.3 Å². The monoisotopic (exact) mass is 218 g/mol. The van der Waals surface area contributed by atoms with Crippen LogP contribution in [0.5, 0.6) is 0 Å². The highest BCUT2D eigenvalue weighted by atomic mass is 15.0. The molecule has 1 aromatic carbocycles. The molecule has 3 aliphatic carbocycles. The highest BCUT2D eigenvalue weighted by Crippen LogP contribution is 2.97. The van der Waals surface area contributed by atoms with E-state index in [-0.39, 0.29) is 10.8 Å². The van der Waals surface area contributed by atoms with Crippen molar-refractivity contribution in [2.75, 3.05) is 0 Å². The van der Waals surface area contributed by atoms with Gasteiger partial charge in [0.25, 0.3) is 0 Å². The highest BCUT2D eigenvalue weighted by Gasteiger charge is 2.97. The Morgan fingerprint density at radius 2 is 1.76 bits per heavy atom. The standard InChI is InChI=1S/C17H14/c1-2-16-14-9-6-10-15(16)17(14,16)12-11-13-7-4-3-5-8-13/h1,3-5,7-8,14-15H,6,9-10H2. The van der Waals surface area contributed by atoms with Gasteiger partial charge in [-0.1, -0.05) is 42.4 Å². The average Bonchev–Trinajstić information content (AvgIpc) is 3.23. The van der Waals surface area contributed by atoms with Crippen LogP contribution in [-0.2, 0) is 0 Å². The molecule has 3 fully saturated rings. The number of fused-ring (bicyclic) bond motifs is 2. The Bertz CT molecular complexity index is 564. The molecule has 17 heavy (non-hydrogen) atoms. The number of rotatable bonds is 0. The summed E-state index contributed by atoms with van der Waals surface area (Å²) in [6.07, 6.45) is 9.68. The highest BCUT2D eigenvalue weighted by molar-refractivity contribution is 5.60. The summed E-state index contributed by atoms with van der Waals surface area (Å²) in [5.41, 5.74) is 1.55. The van der Waals surface area contributed by atoms with Crippen LogP contribution in [0.3, 0.4) is 0 Å². The third-order valence-electron chi connectivity index (χ3n) is 5.13. The first kappa shape index (κ1) is 9.38. The van der Waals surface area contributed by atoms with E-state index in [1.807, 2.05) is 18.2 Å². The van der Waals surface area contributed by atoms with Gasteiger partial charge in [-0.15, -0.1) is 6.42 Å². The molecule has 2 unspecified atom stereocenters. The van der Waals surface area contributed by atoms with Crippen molar-refractivity contribution in [1.29, 1.82) is 0 Å². The molecule has 82 valence electrons. The molecule has 1 aromatic rings. The summed E-state index contributed by atoms with van der Waals surface area (Å²) in [4.78, 5) is 0. The third kappa shape index (κ3) is 0.862. The van der Waals surface area contributed by atoms with Gasteiger partial charge in [-0.3, -0.25) is 0 Å². The van der Waals surface area contributed by atoms with Crippen molar-refractivity contribution >= 4 is 0 Å². The van der Waals surface area contributed by atoms with Crippen LogP contribution in [0.25, 0.3) is 0 Å². The Balaban J connectivity index is 1.68. The zero-order valence-corrected chi connectivity index (χ0v) is 9.74. The lowest BCUT2D eigenvalue weighted by molar-refractivity contribution is 0.282. The van der Waals surface area contributed by atoms with Crippen LogP contribution in [0.15, 0.2) is 30.3 Å². The summed E-state index contributed by atoms with van der Waals surface area (Å²) in [5, 5.41) is 0. The second-order valence-electron chi connectivity index (χ2n) is 5.53. The van der Waals surface area contributed by atoms with Crippen LogP contribution >= 0.6 is 0 Å². The maximum Gasteiger partial charge on any atom is 0.0576 e. The van der Waals surface area contributed by atoms with Crippen LogP contribution in [0.2, 0.25) is 0 Å². The Labute approximate surface area is 102 Å². The van der Waals surface area contributed by atoms with Crippen molar-refractivity contribution in [2.45, 2.75) is 19.3 Å². The van der Waals surface area contributed by atoms with Crippen LogP contribution in [0, 0.1) is 46.9 Å². The first-order chi connectivity index (χ1) is 8.36. The van der Waals surface area contributed by atoms with Crippen molar-refractivity contribution in [2.24, 2.45) is 22.7 Å². The molecule has 0 spiro atoms. The fraction of sp³-hybridized carbons (Fsp3) is 0.412. The molecule has 0 radical (unpaired) electrons. The van der Waals surface area contributed by atoms with Gasteiger partial charge in [0.2, 0.25) is 0 Å². The second kappa shape index (κ2) is 2.77. The van der Waals surface area contributed by atoms with Crippen LogP contribution in [-0.4, -0.2) is 0 Å².